The molecule has 0 spiro atoms. The molecule has 0 heterocycles. The lowest BCUT2D eigenvalue weighted by Crippen LogP contribution is -2.31. The summed E-state index contributed by atoms with van der Waals surface area (Å²) in [7, 11) is 0. The second-order valence-corrected chi connectivity index (χ2v) is 6.40. The van der Waals surface area contributed by atoms with Crippen molar-refractivity contribution in [2.45, 2.75) is 44.9 Å². The molecule has 0 aromatic heterocycles. The number of halogens is 1. The Kier molecular flexibility index (Phi) is 6.39. The second-order valence-electron chi connectivity index (χ2n) is 5.84. The zero-order valence-corrected chi connectivity index (χ0v) is 13.3. The Balaban J connectivity index is 1.63. The van der Waals surface area contributed by atoms with Gasteiger partial charge in [0.15, 0.2) is 0 Å². The van der Waals surface area contributed by atoms with Crippen LogP contribution in [0.5, 0.6) is 0 Å². The van der Waals surface area contributed by atoms with E-state index in [0.29, 0.717) is 5.41 Å². The molecule has 1 saturated carbocycles. The minimum Gasteiger partial charge on any atom is -0.381 e. The van der Waals surface area contributed by atoms with Crippen molar-refractivity contribution >= 4 is 15.9 Å². The number of benzene rings is 1. The van der Waals surface area contributed by atoms with E-state index in [0.717, 1.165) is 31.4 Å². The van der Waals surface area contributed by atoms with Crippen molar-refractivity contribution in [3.8, 4) is 0 Å². The number of hydrogen-bond donors (Lipinski definition) is 0. The number of hydrogen-bond acceptors (Lipinski definition) is 1. The molecule has 0 bridgehead atoms. The quantitative estimate of drug-likeness (QED) is 0.507. The van der Waals surface area contributed by atoms with Gasteiger partial charge in [-0.1, -0.05) is 65.5 Å². The van der Waals surface area contributed by atoms with Crippen LogP contribution in [0.4, 0.5) is 0 Å². The van der Waals surface area contributed by atoms with E-state index in [-0.39, 0.29) is 0 Å². The Morgan fingerprint density at radius 3 is 2.47 bits per heavy atom. The van der Waals surface area contributed by atoms with Gasteiger partial charge in [0.25, 0.3) is 0 Å². The van der Waals surface area contributed by atoms with Gasteiger partial charge in [-0.15, -0.1) is 0 Å². The number of ether oxygens (including phenoxy) is 1. The van der Waals surface area contributed by atoms with Gasteiger partial charge >= 0.3 is 0 Å². The Morgan fingerprint density at radius 2 is 1.79 bits per heavy atom. The first-order valence-corrected chi connectivity index (χ1v) is 8.64. The fraction of sp³-hybridized carbons (Fsp3) is 0.647. The van der Waals surface area contributed by atoms with E-state index in [9.17, 15) is 0 Å². The van der Waals surface area contributed by atoms with Crippen LogP contribution in [-0.4, -0.2) is 18.5 Å². The van der Waals surface area contributed by atoms with E-state index in [2.05, 4.69) is 46.3 Å². The Hall–Kier alpha value is -0.340. The van der Waals surface area contributed by atoms with Gasteiger partial charge in [-0.25, -0.2) is 0 Å². The van der Waals surface area contributed by atoms with Gasteiger partial charge in [0.1, 0.15) is 0 Å². The predicted molar refractivity (Wildman–Crippen MR) is 84.9 cm³/mol. The maximum absolute atomic E-state index is 5.96. The van der Waals surface area contributed by atoms with E-state index in [4.69, 9.17) is 4.74 Å². The summed E-state index contributed by atoms with van der Waals surface area (Å²) in [5.41, 5.74) is 1.84. The van der Waals surface area contributed by atoms with Crippen molar-refractivity contribution in [3.63, 3.8) is 0 Å². The molecule has 0 atom stereocenters. The second kappa shape index (κ2) is 8.06. The average Bonchev–Trinajstić information content (AvgIpc) is 2.49. The monoisotopic (exact) mass is 324 g/mol. The molecular formula is C17H25BrO. The van der Waals surface area contributed by atoms with E-state index in [1.165, 1.54) is 37.7 Å². The van der Waals surface area contributed by atoms with Crippen LogP contribution in [-0.2, 0) is 11.2 Å². The standard InChI is InChI=1S/C17H25BrO/c18-14-17(11-5-2-6-12-17)15-19-13-7-10-16-8-3-1-4-9-16/h1,3-4,8-9H,2,5-7,10-15H2. The van der Waals surface area contributed by atoms with Gasteiger partial charge in [0, 0.05) is 17.4 Å². The smallest absolute Gasteiger partial charge is 0.0530 e. The summed E-state index contributed by atoms with van der Waals surface area (Å²) in [6.07, 6.45) is 9.07. The number of alkyl halides is 1. The van der Waals surface area contributed by atoms with Crippen LogP contribution in [0.3, 0.4) is 0 Å². The summed E-state index contributed by atoms with van der Waals surface area (Å²) in [6, 6.07) is 10.7. The van der Waals surface area contributed by atoms with E-state index in [1.54, 1.807) is 0 Å². The molecule has 1 aromatic carbocycles. The maximum Gasteiger partial charge on any atom is 0.0530 e. The van der Waals surface area contributed by atoms with Gasteiger partial charge in [0.05, 0.1) is 6.61 Å². The topological polar surface area (TPSA) is 9.23 Å². The van der Waals surface area contributed by atoms with Crippen molar-refractivity contribution in [1.29, 1.82) is 0 Å². The van der Waals surface area contributed by atoms with Crippen LogP contribution in [0.15, 0.2) is 30.3 Å². The molecule has 2 heteroatoms. The van der Waals surface area contributed by atoms with Crippen LogP contribution in [0.25, 0.3) is 0 Å². The third kappa shape index (κ3) is 4.92. The lowest BCUT2D eigenvalue weighted by molar-refractivity contribution is 0.0340. The molecule has 0 unspecified atom stereocenters. The molecule has 19 heavy (non-hydrogen) atoms. The fourth-order valence-corrected chi connectivity index (χ4v) is 3.65. The average molecular weight is 325 g/mol. The van der Waals surface area contributed by atoms with E-state index in [1.807, 2.05) is 0 Å². The normalized spacial score (nSPS) is 18.4. The third-order valence-corrected chi connectivity index (χ3v) is 5.39. The molecule has 0 amide bonds. The van der Waals surface area contributed by atoms with Crippen LogP contribution < -0.4 is 0 Å². The van der Waals surface area contributed by atoms with Crippen LogP contribution >= 0.6 is 15.9 Å². The molecule has 0 aliphatic heterocycles. The molecule has 1 nitrogen and oxygen atoms in total. The third-order valence-electron chi connectivity index (χ3n) is 4.20. The highest BCUT2D eigenvalue weighted by molar-refractivity contribution is 9.09. The van der Waals surface area contributed by atoms with Crippen LogP contribution in [0.2, 0.25) is 0 Å². The van der Waals surface area contributed by atoms with Gasteiger partial charge < -0.3 is 4.74 Å². The largest absolute Gasteiger partial charge is 0.381 e. The summed E-state index contributed by atoms with van der Waals surface area (Å²) >= 11 is 3.69. The highest BCUT2D eigenvalue weighted by Gasteiger charge is 2.30. The van der Waals surface area contributed by atoms with Gasteiger partial charge in [-0.3, -0.25) is 0 Å². The molecule has 2 rings (SSSR count). The SMILES string of the molecule is BrCC1(COCCCc2ccccc2)CCCCC1. The van der Waals surface area contributed by atoms with Crippen LogP contribution in [0, 0.1) is 5.41 Å². The number of rotatable bonds is 7. The van der Waals surface area contributed by atoms with E-state index < -0.39 is 0 Å². The molecule has 0 radical (unpaired) electrons. The minimum atomic E-state index is 0.422. The van der Waals surface area contributed by atoms with Gasteiger partial charge in [-0.05, 0) is 31.2 Å². The van der Waals surface area contributed by atoms with Gasteiger partial charge in [0.2, 0.25) is 0 Å². The molecule has 0 N–H and O–H groups in total. The first-order chi connectivity index (χ1) is 9.35. The molecule has 1 aliphatic carbocycles. The zero-order valence-electron chi connectivity index (χ0n) is 11.7. The van der Waals surface area contributed by atoms with Crippen molar-refractivity contribution in [2.75, 3.05) is 18.5 Å². The van der Waals surface area contributed by atoms with Crippen LogP contribution in [0.1, 0.15) is 44.1 Å². The Morgan fingerprint density at radius 1 is 1.05 bits per heavy atom. The Labute approximate surface area is 125 Å². The molecule has 1 fully saturated rings. The van der Waals surface area contributed by atoms with Crippen molar-refractivity contribution in [3.05, 3.63) is 35.9 Å². The predicted octanol–water partition coefficient (Wildman–Crippen LogP) is 4.98. The van der Waals surface area contributed by atoms with Crippen molar-refractivity contribution < 1.29 is 4.74 Å². The molecule has 0 saturated heterocycles. The summed E-state index contributed by atoms with van der Waals surface area (Å²) in [5, 5.41) is 1.10. The molecule has 106 valence electrons. The summed E-state index contributed by atoms with van der Waals surface area (Å²) in [5.74, 6) is 0. The van der Waals surface area contributed by atoms with Crippen molar-refractivity contribution in [2.24, 2.45) is 5.41 Å². The summed E-state index contributed by atoms with van der Waals surface area (Å²) in [4.78, 5) is 0. The van der Waals surface area contributed by atoms with Crippen molar-refractivity contribution in [1.82, 2.24) is 0 Å². The molecule has 1 aromatic rings. The first-order valence-electron chi connectivity index (χ1n) is 7.52. The fourth-order valence-electron chi connectivity index (χ4n) is 2.93. The molecular weight excluding hydrogens is 300 g/mol. The highest BCUT2D eigenvalue weighted by atomic mass is 79.9. The van der Waals surface area contributed by atoms with E-state index >= 15 is 0 Å². The highest BCUT2D eigenvalue weighted by Crippen LogP contribution is 2.38. The number of aryl methyl sites for hydroxylation is 1. The minimum absolute atomic E-state index is 0.422. The maximum atomic E-state index is 5.96. The summed E-state index contributed by atoms with van der Waals surface area (Å²) < 4.78 is 5.96. The van der Waals surface area contributed by atoms with Gasteiger partial charge in [-0.2, -0.15) is 0 Å². The lowest BCUT2D eigenvalue weighted by Gasteiger charge is -2.35. The lowest BCUT2D eigenvalue weighted by atomic mass is 9.76. The zero-order chi connectivity index (χ0) is 13.4. The Bertz CT molecular complexity index is 344. The first kappa shape index (κ1) is 15.1. The molecule has 1 aliphatic rings. The summed E-state index contributed by atoms with van der Waals surface area (Å²) in [6.45, 7) is 1.83.